The molecule has 128 valence electrons. The molecule has 0 aliphatic heterocycles. The van der Waals surface area contributed by atoms with E-state index in [1.54, 1.807) is 25.3 Å². The van der Waals surface area contributed by atoms with Crippen molar-refractivity contribution >= 4 is 12.1 Å². The molecule has 2 aromatic carbocycles. The van der Waals surface area contributed by atoms with Crippen molar-refractivity contribution in [2.75, 3.05) is 14.2 Å². The fourth-order valence-corrected chi connectivity index (χ4v) is 1.83. The zero-order valence-corrected chi connectivity index (χ0v) is 13.1. The first-order chi connectivity index (χ1) is 11.0. The Kier molecular flexibility index (Phi) is 6.57. The van der Waals surface area contributed by atoms with Crippen molar-refractivity contribution in [3.8, 4) is 23.0 Å². The van der Waals surface area contributed by atoms with Crippen molar-refractivity contribution in [2.45, 2.75) is 0 Å². The van der Waals surface area contributed by atoms with Crippen molar-refractivity contribution in [3.05, 3.63) is 47.5 Å². The molecular weight excluding hydrogens is 316 g/mol. The minimum absolute atomic E-state index is 0. The van der Waals surface area contributed by atoms with E-state index in [1.165, 1.54) is 25.5 Å². The monoisotopic (exact) mass is 334 g/mol. The molecular formula is C16H18N2O6. The van der Waals surface area contributed by atoms with Gasteiger partial charge in [-0.05, 0) is 36.4 Å². The minimum Gasteiger partial charge on any atom is -0.504 e. The van der Waals surface area contributed by atoms with E-state index in [-0.39, 0.29) is 22.5 Å². The van der Waals surface area contributed by atoms with Crippen molar-refractivity contribution < 1.29 is 30.0 Å². The van der Waals surface area contributed by atoms with Crippen LogP contribution in [0.5, 0.6) is 23.0 Å². The number of hydrogen-bond donors (Lipinski definition) is 3. The van der Waals surface area contributed by atoms with Crippen LogP contribution in [0.1, 0.15) is 15.9 Å². The molecule has 0 spiro atoms. The van der Waals surface area contributed by atoms with E-state index in [0.717, 1.165) is 6.07 Å². The summed E-state index contributed by atoms with van der Waals surface area (Å²) in [6, 6.07) is 8.91. The lowest BCUT2D eigenvalue weighted by molar-refractivity contribution is 0.0954. The quantitative estimate of drug-likeness (QED) is 0.427. The molecule has 0 atom stereocenters. The Morgan fingerprint density at radius 3 is 2.46 bits per heavy atom. The predicted octanol–water partition coefficient (Wildman–Crippen LogP) is 1.05. The molecule has 1 amide bonds. The molecule has 0 aliphatic rings. The number of phenols is 2. The Balaban J connectivity index is 0.00000288. The van der Waals surface area contributed by atoms with Gasteiger partial charge in [0.15, 0.2) is 11.5 Å². The first-order valence-electron chi connectivity index (χ1n) is 6.62. The lowest BCUT2D eigenvalue weighted by Gasteiger charge is -2.07. The van der Waals surface area contributed by atoms with Gasteiger partial charge in [-0.25, -0.2) is 5.43 Å². The van der Waals surface area contributed by atoms with Crippen LogP contribution in [-0.4, -0.2) is 42.0 Å². The number of hydrogen-bond acceptors (Lipinski definition) is 6. The molecule has 0 heterocycles. The maximum Gasteiger partial charge on any atom is 0.271 e. The van der Waals surface area contributed by atoms with Gasteiger partial charge in [-0.15, -0.1) is 0 Å². The van der Waals surface area contributed by atoms with E-state index >= 15 is 0 Å². The van der Waals surface area contributed by atoms with Gasteiger partial charge in [-0.1, -0.05) is 0 Å². The second-order valence-electron chi connectivity index (χ2n) is 4.51. The number of nitrogens with one attached hydrogen (secondary N) is 1. The van der Waals surface area contributed by atoms with E-state index in [0.29, 0.717) is 17.1 Å². The molecule has 2 rings (SSSR count). The zero-order valence-electron chi connectivity index (χ0n) is 13.1. The number of methoxy groups -OCH3 is 2. The maximum absolute atomic E-state index is 11.9. The fourth-order valence-electron chi connectivity index (χ4n) is 1.83. The highest BCUT2D eigenvalue weighted by molar-refractivity contribution is 5.95. The first kappa shape index (κ1) is 18.8. The van der Waals surface area contributed by atoms with Gasteiger partial charge in [0.1, 0.15) is 11.5 Å². The lowest BCUT2D eigenvalue weighted by Crippen LogP contribution is -2.17. The highest BCUT2D eigenvalue weighted by Crippen LogP contribution is 2.25. The SMILES string of the molecule is COc1ccc(OC)c(/C=N/NC(=O)c2ccc(O)c(O)c2)c1.O. The van der Waals surface area contributed by atoms with Crippen molar-refractivity contribution in [1.82, 2.24) is 5.43 Å². The van der Waals surface area contributed by atoms with Crippen LogP contribution in [0.2, 0.25) is 0 Å². The van der Waals surface area contributed by atoms with E-state index < -0.39 is 5.91 Å². The Morgan fingerprint density at radius 1 is 1.08 bits per heavy atom. The van der Waals surface area contributed by atoms with Crippen molar-refractivity contribution in [1.29, 1.82) is 0 Å². The third kappa shape index (κ3) is 4.37. The number of nitrogens with zero attached hydrogens (tertiary/aromatic N) is 1. The number of rotatable bonds is 5. The number of amides is 1. The van der Waals surface area contributed by atoms with Crippen molar-refractivity contribution in [3.63, 3.8) is 0 Å². The summed E-state index contributed by atoms with van der Waals surface area (Å²) in [5.41, 5.74) is 3.11. The fraction of sp³-hybridized carbons (Fsp3) is 0.125. The van der Waals surface area contributed by atoms with Gasteiger partial charge in [0.2, 0.25) is 0 Å². The third-order valence-electron chi connectivity index (χ3n) is 3.04. The summed E-state index contributed by atoms with van der Waals surface area (Å²) in [6.07, 6.45) is 1.42. The maximum atomic E-state index is 11.9. The number of benzene rings is 2. The molecule has 0 bridgehead atoms. The van der Waals surface area contributed by atoms with Gasteiger partial charge in [-0.3, -0.25) is 4.79 Å². The summed E-state index contributed by atoms with van der Waals surface area (Å²) in [4.78, 5) is 11.9. The number of ether oxygens (including phenoxy) is 2. The van der Waals surface area contributed by atoms with Crippen LogP contribution in [0.4, 0.5) is 0 Å². The van der Waals surface area contributed by atoms with Gasteiger partial charge in [-0.2, -0.15) is 5.10 Å². The van der Waals surface area contributed by atoms with Gasteiger partial charge < -0.3 is 25.2 Å². The first-order valence-corrected chi connectivity index (χ1v) is 6.62. The number of carbonyl (C=O) groups excluding carboxylic acids is 1. The molecule has 0 radical (unpaired) electrons. The average molecular weight is 334 g/mol. The smallest absolute Gasteiger partial charge is 0.271 e. The van der Waals surface area contributed by atoms with Crippen LogP contribution in [0.15, 0.2) is 41.5 Å². The van der Waals surface area contributed by atoms with Crippen molar-refractivity contribution in [2.24, 2.45) is 5.10 Å². The molecule has 8 heteroatoms. The largest absolute Gasteiger partial charge is 0.504 e. The molecule has 24 heavy (non-hydrogen) atoms. The Bertz CT molecular complexity index is 745. The zero-order chi connectivity index (χ0) is 16.8. The number of hydrazone groups is 1. The molecule has 0 saturated carbocycles. The molecule has 0 fully saturated rings. The topological polar surface area (TPSA) is 132 Å². The van der Waals surface area contributed by atoms with Crippen LogP contribution in [-0.2, 0) is 0 Å². The number of aromatic hydroxyl groups is 2. The van der Waals surface area contributed by atoms with E-state index in [2.05, 4.69) is 10.5 Å². The van der Waals surface area contributed by atoms with Gasteiger partial charge in [0, 0.05) is 11.1 Å². The van der Waals surface area contributed by atoms with Crippen LogP contribution in [0.3, 0.4) is 0 Å². The molecule has 0 aliphatic carbocycles. The summed E-state index contributed by atoms with van der Waals surface area (Å²) in [6.45, 7) is 0. The second kappa shape index (κ2) is 8.39. The number of carbonyl (C=O) groups is 1. The van der Waals surface area contributed by atoms with Crippen LogP contribution in [0.25, 0.3) is 0 Å². The highest BCUT2D eigenvalue weighted by Gasteiger charge is 2.08. The Labute approximate surface area is 138 Å². The molecule has 2 aromatic rings. The molecule has 0 unspecified atom stereocenters. The third-order valence-corrected chi connectivity index (χ3v) is 3.04. The van der Waals surface area contributed by atoms with E-state index in [9.17, 15) is 15.0 Å². The summed E-state index contributed by atoms with van der Waals surface area (Å²) in [5, 5.41) is 22.4. The Morgan fingerprint density at radius 2 is 1.83 bits per heavy atom. The lowest BCUT2D eigenvalue weighted by atomic mass is 10.2. The molecule has 0 saturated heterocycles. The van der Waals surface area contributed by atoms with Crippen LogP contribution >= 0.6 is 0 Å². The minimum atomic E-state index is -0.529. The predicted molar refractivity (Wildman–Crippen MR) is 88.0 cm³/mol. The molecule has 8 nitrogen and oxygen atoms in total. The standard InChI is InChI=1S/C16H16N2O5.H2O/c1-22-12-4-6-15(23-2)11(7-12)9-17-18-16(21)10-3-5-13(19)14(20)8-10;/h3-9,19-20H,1-2H3,(H,18,21);1H2/b17-9+;. The van der Waals surface area contributed by atoms with Gasteiger partial charge in [0.05, 0.1) is 20.4 Å². The highest BCUT2D eigenvalue weighted by atomic mass is 16.5. The van der Waals surface area contributed by atoms with Crippen LogP contribution in [0, 0.1) is 0 Å². The molecule has 5 N–H and O–H groups in total. The number of phenolic OH excluding ortho intramolecular Hbond substituents is 2. The van der Waals surface area contributed by atoms with Gasteiger partial charge in [0.25, 0.3) is 5.91 Å². The van der Waals surface area contributed by atoms with E-state index in [4.69, 9.17) is 9.47 Å². The summed E-state index contributed by atoms with van der Waals surface area (Å²) in [5.74, 6) is -0.00575. The van der Waals surface area contributed by atoms with E-state index in [1.807, 2.05) is 0 Å². The summed E-state index contributed by atoms with van der Waals surface area (Å²) in [7, 11) is 3.07. The normalized spacial score (nSPS) is 10.1. The Hall–Kier alpha value is -3.26. The van der Waals surface area contributed by atoms with Gasteiger partial charge >= 0.3 is 0 Å². The second-order valence-corrected chi connectivity index (χ2v) is 4.51. The summed E-state index contributed by atoms with van der Waals surface area (Å²) < 4.78 is 10.3. The van der Waals surface area contributed by atoms with Crippen LogP contribution < -0.4 is 14.9 Å². The summed E-state index contributed by atoms with van der Waals surface area (Å²) >= 11 is 0. The average Bonchev–Trinajstić information content (AvgIpc) is 2.57. The molecule has 0 aromatic heterocycles.